The van der Waals surface area contributed by atoms with Gasteiger partial charge < -0.3 is 13.8 Å². The molecule has 2 aromatic heterocycles. The fourth-order valence-corrected chi connectivity index (χ4v) is 2.75. The number of likely N-dealkylation sites (tertiary alicyclic amines) is 1. The summed E-state index contributed by atoms with van der Waals surface area (Å²) in [6.07, 6.45) is 3.32. The van der Waals surface area contributed by atoms with Crippen LogP contribution in [0.2, 0.25) is 0 Å². The monoisotopic (exact) mass is 289 g/mol. The van der Waals surface area contributed by atoms with E-state index >= 15 is 0 Å². The summed E-state index contributed by atoms with van der Waals surface area (Å²) >= 11 is 0. The van der Waals surface area contributed by atoms with Gasteiger partial charge in [0.15, 0.2) is 5.82 Å². The number of carbonyl (C=O) groups is 1. The topological polar surface area (TPSA) is 71.5 Å². The number of amides is 2. The molecule has 3 rings (SSSR count). The van der Waals surface area contributed by atoms with Gasteiger partial charge in [0.05, 0.1) is 6.04 Å². The quantitative estimate of drug-likeness (QED) is 0.917. The molecule has 2 aromatic rings. The lowest BCUT2D eigenvalue weighted by atomic mass is 9.91. The number of nitrogens with zero attached hydrogens (tertiary/aromatic N) is 2. The highest BCUT2D eigenvalue weighted by atomic mass is 16.5. The summed E-state index contributed by atoms with van der Waals surface area (Å²) in [6, 6.07) is 5.30. The van der Waals surface area contributed by atoms with Gasteiger partial charge in [-0.05, 0) is 37.8 Å². The third-order valence-electron chi connectivity index (χ3n) is 3.89. The molecule has 112 valence electrons. The van der Waals surface area contributed by atoms with Gasteiger partial charge in [-0.1, -0.05) is 12.1 Å². The van der Waals surface area contributed by atoms with Crippen LogP contribution in [0.5, 0.6) is 0 Å². The van der Waals surface area contributed by atoms with Gasteiger partial charge in [-0.2, -0.15) is 0 Å². The van der Waals surface area contributed by atoms with E-state index in [1.165, 1.54) is 6.26 Å². The first-order valence-electron chi connectivity index (χ1n) is 7.18. The van der Waals surface area contributed by atoms with Crippen molar-refractivity contribution in [3.05, 3.63) is 36.0 Å². The molecule has 0 spiro atoms. The Balaban J connectivity index is 1.79. The SMILES string of the molecule is Cc1ccc(C2CC(C)CCN2C(=O)Nc2ccon2)o1. The summed E-state index contributed by atoms with van der Waals surface area (Å²) in [4.78, 5) is 14.3. The number of carbonyl (C=O) groups excluding carboxylic acids is 1. The van der Waals surface area contributed by atoms with Gasteiger partial charge in [-0.25, -0.2) is 4.79 Å². The number of piperidine rings is 1. The first kappa shape index (κ1) is 13.7. The molecule has 1 aliphatic heterocycles. The van der Waals surface area contributed by atoms with E-state index < -0.39 is 0 Å². The van der Waals surface area contributed by atoms with Gasteiger partial charge in [0.1, 0.15) is 17.8 Å². The number of hydrogen-bond acceptors (Lipinski definition) is 4. The van der Waals surface area contributed by atoms with E-state index in [-0.39, 0.29) is 12.1 Å². The molecular formula is C15H19N3O3. The molecule has 0 saturated carbocycles. The first-order chi connectivity index (χ1) is 10.1. The smallest absolute Gasteiger partial charge is 0.323 e. The summed E-state index contributed by atoms with van der Waals surface area (Å²) in [5.41, 5.74) is 0. The Morgan fingerprint density at radius 3 is 2.95 bits per heavy atom. The average molecular weight is 289 g/mol. The van der Waals surface area contributed by atoms with Crippen LogP contribution >= 0.6 is 0 Å². The molecule has 0 radical (unpaired) electrons. The third kappa shape index (κ3) is 2.94. The molecule has 1 N–H and O–H groups in total. The molecule has 2 atom stereocenters. The number of furan rings is 1. The molecule has 1 aliphatic rings. The Labute approximate surface area is 123 Å². The third-order valence-corrected chi connectivity index (χ3v) is 3.89. The van der Waals surface area contributed by atoms with Crippen LogP contribution in [-0.4, -0.2) is 22.6 Å². The molecule has 21 heavy (non-hydrogen) atoms. The van der Waals surface area contributed by atoms with Gasteiger partial charge in [0, 0.05) is 12.6 Å². The molecule has 3 heterocycles. The highest BCUT2D eigenvalue weighted by Gasteiger charge is 2.33. The molecule has 0 aliphatic carbocycles. The predicted octanol–water partition coefficient (Wildman–Crippen LogP) is 3.58. The van der Waals surface area contributed by atoms with E-state index in [0.29, 0.717) is 18.3 Å². The van der Waals surface area contributed by atoms with Gasteiger partial charge in [0.25, 0.3) is 0 Å². The highest BCUT2D eigenvalue weighted by molar-refractivity contribution is 5.88. The Bertz CT molecular complexity index is 605. The predicted molar refractivity (Wildman–Crippen MR) is 76.8 cm³/mol. The molecule has 1 saturated heterocycles. The number of aromatic nitrogens is 1. The molecule has 0 aromatic carbocycles. The minimum Gasteiger partial charge on any atom is -0.464 e. The maximum atomic E-state index is 12.5. The number of aryl methyl sites for hydroxylation is 1. The fraction of sp³-hybridized carbons (Fsp3) is 0.467. The number of anilines is 1. The standard InChI is InChI=1S/C15H19N3O3/c1-10-5-7-18(15(19)16-14-6-8-20-17-14)12(9-10)13-4-3-11(2)21-13/h3-4,6,8,10,12H,5,7,9H2,1-2H3,(H,16,17,19). The van der Waals surface area contributed by atoms with Crippen LogP contribution in [0, 0.1) is 12.8 Å². The van der Waals surface area contributed by atoms with E-state index in [4.69, 9.17) is 8.94 Å². The van der Waals surface area contributed by atoms with Crippen molar-refractivity contribution in [3.63, 3.8) is 0 Å². The summed E-state index contributed by atoms with van der Waals surface area (Å²) < 4.78 is 10.5. The van der Waals surface area contributed by atoms with E-state index in [2.05, 4.69) is 17.4 Å². The second kappa shape index (κ2) is 5.63. The molecule has 0 bridgehead atoms. The second-order valence-electron chi connectivity index (χ2n) is 5.60. The minimum absolute atomic E-state index is 0.0330. The van der Waals surface area contributed by atoms with Crippen molar-refractivity contribution < 1.29 is 13.7 Å². The molecule has 1 fully saturated rings. The van der Waals surface area contributed by atoms with Crippen LogP contribution in [0.1, 0.15) is 37.3 Å². The van der Waals surface area contributed by atoms with Crippen molar-refractivity contribution >= 4 is 11.8 Å². The molecule has 6 nitrogen and oxygen atoms in total. The van der Waals surface area contributed by atoms with Gasteiger partial charge in [-0.3, -0.25) is 5.32 Å². The molecule has 6 heteroatoms. The molecule has 2 amide bonds. The second-order valence-corrected chi connectivity index (χ2v) is 5.60. The zero-order valence-corrected chi connectivity index (χ0v) is 12.2. The van der Waals surface area contributed by atoms with Crippen LogP contribution in [0.4, 0.5) is 10.6 Å². The molecule has 2 unspecified atom stereocenters. The number of urea groups is 1. The lowest BCUT2D eigenvalue weighted by Crippen LogP contribution is -2.42. The van der Waals surface area contributed by atoms with E-state index in [1.54, 1.807) is 6.07 Å². The minimum atomic E-state index is -0.171. The highest BCUT2D eigenvalue weighted by Crippen LogP contribution is 2.35. The Kier molecular flexibility index (Phi) is 3.68. The maximum Gasteiger partial charge on any atom is 0.323 e. The lowest BCUT2D eigenvalue weighted by Gasteiger charge is -2.37. The summed E-state index contributed by atoms with van der Waals surface area (Å²) in [7, 11) is 0. The van der Waals surface area contributed by atoms with Crippen LogP contribution < -0.4 is 5.32 Å². The van der Waals surface area contributed by atoms with Crippen LogP contribution in [0.3, 0.4) is 0 Å². The number of rotatable bonds is 2. The van der Waals surface area contributed by atoms with Crippen LogP contribution in [0.15, 0.2) is 33.4 Å². The Morgan fingerprint density at radius 1 is 1.43 bits per heavy atom. The lowest BCUT2D eigenvalue weighted by molar-refractivity contribution is 0.128. The number of nitrogens with one attached hydrogen (secondary N) is 1. The van der Waals surface area contributed by atoms with Gasteiger partial charge in [-0.15, -0.1) is 0 Å². The van der Waals surface area contributed by atoms with Crippen molar-refractivity contribution in [1.82, 2.24) is 10.1 Å². The van der Waals surface area contributed by atoms with E-state index in [9.17, 15) is 4.79 Å². The van der Waals surface area contributed by atoms with Crippen molar-refractivity contribution in [2.24, 2.45) is 5.92 Å². The normalized spacial score (nSPS) is 22.3. The van der Waals surface area contributed by atoms with Gasteiger partial charge in [0.2, 0.25) is 0 Å². The first-order valence-corrected chi connectivity index (χ1v) is 7.18. The molecular weight excluding hydrogens is 270 g/mol. The average Bonchev–Trinajstić information content (AvgIpc) is 3.10. The summed E-state index contributed by atoms with van der Waals surface area (Å²) in [6.45, 7) is 4.82. The maximum absolute atomic E-state index is 12.5. The Morgan fingerprint density at radius 2 is 2.29 bits per heavy atom. The van der Waals surface area contributed by atoms with Crippen molar-refractivity contribution in [2.45, 2.75) is 32.7 Å². The van der Waals surface area contributed by atoms with E-state index in [0.717, 1.165) is 24.4 Å². The Hall–Kier alpha value is -2.24. The number of hydrogen-bond donors (Lipinski definition) is 1. The van der Waals surface area contributed by atoms with Crippen molar-refractivity contribution in [2.75, 3.05) is 11.9 Å². The largest absolute Gasteiger partial charge is 0.464 e. The van der Waals surface area contributed by atoms with Gasteiger partial charge >= 0.3 is 6.03 Å². The van der Waals surface area contributed by atoms with Crippen molar-refractivity contribution in [1.29, 1.82) is 0 Å². The zero-order chi connectivity index (χ0) is 14.8. The summed E-state index contributed by atoms with van der Waals surface area (Å²) in [5.74, 6) is 2.69. The van der Waals surface area contributed by atoms with Crippen LogP contribution in [0.25, 0.3) is 0 Å². The summed E-state index contributed by atoms with van der Waals surface area (Å²) in [5, 5.41) is 6.46. The van der Waals surface area contributed by atoms with E-state index in [1.807, 2.05) is 24.0 Å². The van der Waals surface area contributed by atoms with Crippen LogP contribution in [-0.2, 0) is 0 Å². The fourth-order valence-electron chi connectivity index (χ4n) is 2.75. The zero-order valence-electron chi connectivity index (χ0n) is 12.2. The van der Waals surface area contributed by atoms with Crippen molar-refractivity contribution in [3.8, 4) is 0 Å².